The Morgan fingerprint density at radius 1 is 1.15 bits per heavy atom. The van der Waals surface area contributed by atoms with Crippen molar-refractivity contribution >= 4 is 38.5 Å². The van der Waals surface area contributed by atoms with Crippen molar-refractivity contribution in [3.05, 3.63) is 52.6 Å². The molecule has 1 aliphatic heterocycles. The van der Waals surface area contributed by atoms with Crippen LogP contribution in [-0.2, 0) is 14.6 Å². The molecule has 0 atom stereocenters. The van der Waals surface area contributed by atoms with E-state index in [1.807, 2.05) is 0 Å². The first-order valence-corrected chi connectivity index (χ1v) is 9.81. The van der Waals surface area contributed by atoms with Gasteiger partial charge in [0, 0.05) is 30.6 Å². The third-order valence-corrected chi connectivity index (χ3v) is 5.24. The number of nitrogens with one attached hydrogen (secondary N) is 1. The van der Waals surface area contributed by atoms with Gasteiger partial charge in [0.2, 0.25) is 5.91 Å². The summed E-state index contributed by atoms with van der Waals surface area (Å²) in [4.78, 5) is 23.8. The summed E-state index contributed by atoms with van der Waals surface area (Å²) < 4.78 is 23.6. The van der Waals surface area contributed by atoms with Crippen molar-refractivity contribution in [3.8, 4) is 0 Å². The Morgan fingerprint density at radius 2 is 1.85 bits per heavy atom. The van der Waals surface area contributed by atoms with Crippen LogP contribution in [0.1, 0.15) is 12.8 Å². The van der Waals surface area contributed by atoms with Crippen LogP contribution in [0.4, 0.5) is 22.7 Å². The van der Waals surface area contributed by atoms with Gasteiger partial charge >= 0.3 is 5.69 Å². The second-order valence-electron chi connectivity index (χ2n) is 6.00. The number of carbonyl (C=O) groups excluding carboxylic acids is 1. The molecular weight excluding hydrogens is 358 g/mol. The topological polar surface area (TPSA) is 110 Å². The molecule has 2 aromatic rings. The molecule has 1 fully saturated rings. The van der Waals surface area contributed by atoms with Crippen LogP contribution in [0.2, 0.25) is 0 Å². The number of amides is 1. The van der Waals surface area contributed by atoms with Crippen LogP contribution >= 0.6 is 0 Å². The third kappa shape index (κ3) is 3.52. The molecule has 1 saturated heterocycles. The van der Waals surface area contributed by atoms with Crippen LogP contribution in [0, 0.1) is 10.1 Å². The summed E-state index contributed by atoms with van der Waals surface area (Å²) in [6.07, 6.45) is 2.29. The number of rotatable bonds is 5. The van der Waals surface area contributed by atoms with Crippen LogP contribution in [0.5, 0.6) is 0 Å². The fraction of sp³-hybridized carbons (Fsp3) is 0.235. The van der Waals surface area contributed by atoms with Gasteiger partial charge in [-0.15, -0.1) is 0 Å². The van der Waals surface area contributed by atoms with Crippen molar-refractivity contribution in [1.29, 1.82) is 0 Å². The SMILES string of the molecule is CS(=O)(=O)c1cccc(Nc2ccc(N3CCCC3=O)cc2)c1[N+](=O)[O-]. The molecule has 2 aromatic carbocycles. The minimum absolute atomic E-state index is 0.0715. The van der Waals surface area contributed by atoms with E-state index in [1.165, 1.54) is 18.2 Å². The summed E-state index contributed by atoms with van der Waals surface area (Å²) in [5.74, 6) is 0.0715. The van der Waals surface area contributed by atoms with Crippen molar-refractivity contribution in [2.45, 2.75) is 17.7 Å². The predicted molar refractivity (Wildman–Crippen MR) is 97.5 cm³/mol. The molecule has 0 spiro atoms. The first-order valence-electron chi connectivity index (χ1n) is 7.92. The highest BCUT2D eigenvalue weighted by molar-refractivity contribution is 7.90. The van der Waals surface area contributed by atoms with Crippen LogP contribution in [0.15, 0.2) is 47.4 Å². The maximum absolute atomic E-state index is 11.8. The van der Waals surface area contributed by atoms with E-state index in [0.717, 1.165) is 18.4 Å². The molecule has 3 rings (SSSR count). The second kappa shape index (κ2) is 6.75. The number of anilines is 3. The zero-order valence-electron chi connectivity index (χ0n) is 14.0. The number of hydrogen-bond donors (Lipinski definition) is 1. The Balaban J connectivity index is 1.92. The Labute approximate surface area is 150 Å². The summed E-state index contributed by atoms with van der Waals surface area (Å²) >= 11 is 0. The van der Waals surface area contributed by atoms with Gasteiger partial charge in [0.1, 0.15) is 10.6 Å². The van der Waals surface area contributed by atoms with Gasteiger partial charge in [-0.3, -0.25) is 14.9 Å². The van der Waals surface area contributed by atoms with Gasteiger partial charge in [-0.2, -0.15) is 0 Å². The van der Waals surface area contributed by atoms with E-state index in [-0.39, 0.29) is 16.5 Å². The Morgan fingerprint density at radius 3 is 2.38 bits per heavy atom. The molecule has 1 aliphatic rings. The lowest BCUT2D eigenvalue weighted by Crippen LogP contribution is -2.23. The van der Waals surface area contributed by atoms with Crippen molar-refractivity contribution in [2.75, 3.05) is 23.0 Å². The molecule has 0 unspecified atom stereocenters. The number of para-hydroxylation sites is 1. The quantitative estimate of drug-likeness (QED) is 0.636. The predicted octanol–water partition coefficient (Wildman–Crippen LogP) is 2.87. The molecule has 0 aromatic heterocycles. The van der Waals surface area contributed by atoms with Crippen LogP contribution < -0.4 is 10.2 Å². The van der Waals surface area contributed by atoms with E-state index in [0.29, 0.717) is 18.7 Å². The van der Waals surface area contributed by atoms with Gasteiger partial charge in [0.25, 0.3) is 0 Å². The molecule has 0 aliphatic carbocycles. The highest BCUT2D eigenvalue weighted by Crippen LogP contribution is 2.34. The lowest BCUT2D eigenvalue weighted by Gasteiger charge is -2.16. The Kier molecular flexibility index (Phi) is 4.64. The molecule has 0 radical (unpaired) electrons. The van der Waals surface area contributed by atoms with Crippen LogP contribution in [0.3, 0.4) is 0 Å². The molecule has 1 heterocycles. The van der Waals surface area contributed by atoms with Gasteiger partial charge in [-0.25, -0.2) is 8.42 Å². The molecular formula is C17H17N3O5S. The van der Waals surface area contributed by atoms with Crippen molar-refractivity contribution in [3.63, 3.8) is 0 Å². The van der Waals surface area contributed by atoms with E-state index in [1.54, 1.807) is 29.2 Å². The van der Waals surface area contributed by atoms with Crippen LogP contribution in [-0.4, -0.2) is 32.0 Å². The molecule has 9 heteroatoms. The summed E-state index contributed by atoms with van der Waals surface area (Å²) in [6, 6.07) is 11.0. The minimum Gasteiger partial charge on any atom is -0.350 e. The van der Waals surface area contributed by atoms with Gasteiger partial charge in [-0.05, 0) is 42.8 Å². The largest absolute Gasteiger partial charge is 0.350 e. The zero-order chi connectivity index (χ0) is 18.9. The number of nitro benzene ring substituents is 1. The van der Waals surface area contributed by atoms with Crippen molar-refractivity contribution < 1.29 is 18.1 Å². The molecule has 1 amide bonds. The van der Waals surface area contributed by atoms with E-state index >= 15 is 0 Å². The van der Waals surface area contributed by atoms with E-state index in [9.17, 15) is 23.3 Å². The molecule has 0 bridgehead atoms. The third-order valence-electron chi connectivity index (χ3n) is 4.11. The monoisotopic (exact) mass is 375 g/mol. The fourth-order valence-corrected chi connectivity index (χ4v) is 3.77. The van der Waals surface area contributed by atoms with Gasteiger partial charge in [0.05, 0.1) is 4.92 Å². The minimum atomic E-state index is -3.74. The normalized spacial score (nSPS) is 14.5. The second-order valence-corrected chi connectivity index (χ2v) is 7.99. The lowest BCUT2D eigenvalue weighted by atomic mass is 10.2. The highest BCUT2D eigenvalue weighted by Gasteiger charge is 2.26. The number of nitro groups is 1. The number of hydrogen-bond acceptors (Lipinski definition) is 6. The molecule has 136 valence electrons. The standard InChI is InChI=1S/C17H17N3O5S/c1-26(24,25)15-5-2-4-14(17(15)20(22)23)18-12-7-9-13(10-8-12)19-11-3-6-16(19)21/h2,4-5,7-10,18H,3,6,11H2,1H3. The average Bonchev–Trinajstić information content (AvgIpc) is 3.00. The van der Waals surface area contributed by atoms with Crippen molar-refractivity contribution in [2.24, 2.45) is 0 Å². The maximum Gasteiger partial charge on any atom is 0.311 e. The number of benzene rings is 2. The number of nitrogens with zero attached hydrogens (tertiary/aromatic N) is 2. The number of sulfone groups is 1. The van der Waals surface area contributed by atoms with Gasteiger partial charge in [-0.1, -0.05) is 6.07 Å². The Hall–Kier alpha value is -2.94. The molecule has 0 saturated carbocycles. The maximum atomic E-state index is 11.8. The summed E-state index contributed by atoms with van der Waals surface area (Å²) in [5, 5.41) is 14.3. The summed E-state index contributed by atoms with van der Waals surface area (Å²) in [6.45, 7) is 0.674. The zero-order valence-corrected chi connectivity index (χ0v) is 14.8. The van der Waals surface area contributed by atoms with E-state index < -0.39 is 20.4 Å². The smallest absolute Gasteiger partial charge is 0.311 e. The molecule has 1 N–H and O–H groups in total. The first-order chi connectivity index (χ1) is 12.3. The first kappa shape index (κ1) is 17.9. The van der Waals surface area contributed by atoms with Crippen LogP contribution in [0.25, 0.3) is 0 Å². The Bertz CT molecular complexity index is 970. The van der Waals surface area contributed by atoms with E-state index in [2.05, 4.69) is 5.32 Å². The fourth-order valence-electron chi connectivity index (χ4n) is 2.91. The van der Waals surface area contributed by atoms with E-state index in [4.69, 9.17) is 0 Å². The number of carbonyl (C=O) groups is 1. The van der Waals surface area contributed by atoms with Crippen molar-refractivity contribution in [1.82, 2.24) is 0 Å². The molecule has 8 nitrogen and oxygen atoms in total. The summed E-state index contributed by atoms with van der Waals surface area (Å²) in [7, 11) is -3.74. The lowest BCUT2D eigenvalue weighted by molar-refractivity contribution is -0.386. The summed E-state index contributed by atoms with van der Waals surface area (Å²) in [5.41, 5.74) is 0.906. The van der Waals surface area contributed by atoms with Gasteiger partial charge in [0.15, 0.2) is 9.84 Å². The average molecular weight is 375 g/mol. The highest BCUT2D eigenvalue weighted by atomic mass is 32.2. The molecule has 26 heavy (non-hydrogen) atoms. The van der Waals surface area contributed by atoms with Gasteiger partial charge < -0.3 is 10.2 Å².